The van der Waals surface area contributed by atoms with Crippen LogP contribution in [0.1, 0.15) is 0 Å². The zero-order valence-electron chi connectivity index (χ0n) is 9.39. The number of fused-ring (bicyclic) bond motifs is 1. The van der Waals surface area contributed by atoms with Crippen molar-refractivity contribution in [1.29, 1.82) is 0 Å². The smallest absolute Gasteiger partial charge is 0.241 e. The number of pyridine rings is 1. The van der Waals surface area contributed by atoms with Crippen LogP contribution in [0.15, 0.2) is 36.5 Å². The number of nitrogens with one attached hydrogen (secondary N) is 1. The summed E-state index contributed by atoms with van der Waals surface area (Å²) in [4.78, 5) is 18.0. The van der Waals surface area contributed by atoms with Gasteiger partial charge in [-0.3, -0.25) is 9.78 Å². The number of carbonyl (C=O) groups excluding carboxylic acids is 1. The molecule has 0 aliphatic carbocycles. The first-order chi connectivity index (χ1) is 8.36. The van der Waals surface area contributed by atoms with Crippen LogP contribution in [0.3, 0.4) is 0 Å². The Kier molecular flexibility index (Phi) is 2.49. The molecule has 1 aromatic heterocycles. The van der Waals surface area contributed by atoms with Crippen LogP contribution in [0.4, 0.5) is 5.69 Å². The number of rotatable bonds is 1. The normalized spacial score (nSPS) is 16.5. The number of carbonyl (C=O) groups is 1. The number of hydrogen-bond donors (Lipinski definition) is 1. The van der Waals surface area contributed by atoms with Crippen LogP contribution in [-0.2, 0) is 4.79 Å². The number of hydrogen-bond acceptors (Lipinski definition) is 3. The average Bonchev–Trinajstić information content (AvgIpc) is 2.39. The van der Waals surface area contributed by atoms with Gasteiger partial charge in [0.2, 0.25) is 5.91 Å². The van der Waals surface area contributed by atoms with E-state index in [1.165, 1.54) is 0 Å². The molecule has 86 valence electrons. The van der Waals surface area contributed by atoms with Gasteiger partial charge in [-0.2, -0.15) is 0 Å². The lowest BCUT2D eigenvalue weighted by atomic mass is 10.1. The minimum absolute atomic E-state index is 0.118. The summed E-state index contributed by atoms with van der Waals surface area (Å²) >= 11 is 0. The molecule has 0 bridgehead atoms. The van der Waals surface area contributed by atoms with Crippen molar-refractivity contribution in [2.45, 2.75) is 0 Å². The molecule has 3 rings (SSSR count). The lowest BCUT2D eigenvalue weighted by Crippen LogP contribution is -2.48. The number of amides is 1. The lowest BCUT2D eigenvalue weighted by Gasteiger charge is -2.28. The van der Waals surface area contributed by atoms with E-state index < -0.39 is 0 Å². The van der Waals surface area contributed by atoms with Gasteiger partial charge in [-0.25, -0.2) is 0 Å². The average molecular weight is 227 g/mol. The van der Waals surface area contributed by atoms with Gasteiger partial charge < -0.3 is 10.2 Å². The van der Waals surface area contributed by atoms with Crippen molar-refractivity contribution in [1.82, 2.24) is 10.3 Å². The number of nitrogens with zero attached hydrogens (tertiary/aromatic N) is 2. The summed E-state index contributed by atoms with van der Waals surface area (Å²) in [6.07, 6.45) is 1.76. The van der Waals surface area contributed by atoms with Gasteiger partial charge in [0, 0.05) is 24.7 Å². The van der Waals surface area contributed by atoms with Gasteiger partial charge in [0.1, 0.15) is 0 Å². The number of para-hydroxylation sites is 1. The Balaban J connectivity index is 2.13. The molecule has 0 radical (unpaired) electrons. The highest BCUT2D eigenvalue weighted by molar-refractivity contribution is 6.03. The standard InChI is InChI=1S/C13H13N3O/c17-13-9-14-7-8-16(13)12-5-6-15-11-4-2-1-3-10(11)12/h1-6,14H,7-9H2. The Hall–Kier alpha value is -1.94. The minimum atomic E-state index is 0.118. The summed E-state index contributed by atoms with van der Waals surface area (Å²) in [5, 5.41) is 4.11. The van der Waals surface area contributed by atoms with E-state index in [0.717, 1.165) is 23.1 Å². The number of aromatic nitrogens is 1. The van der Waals surface area contributed by atoms with E-state index in [-0.39, 0.29) is 5.91 Å². The Labute approximate surface area is 99.3 Å². The topological polar surface area (TPSA) is 45.2 Å². The van der Waals surface area contributed by atoms with E-state index in [4.69, 9.17) is 0 Å². The van der Waals surface area contributed by atoms with Crippen LogP contribution in [0.25, 0.3) is 10.9 Å². The maximum atomic E-state index is 11.9. The zero-order chi connectivity index (χ0) is 11.7. The van der Waals surface area contributed by atoms with Gasteiger partial charge in [-0.05, 0) is 12.1 Å². The molecule has 17 heavy (non-hydrogen) atoms. The van der Waals surface area contributed by atoms with E-state index in [1.54, 1.807) is 6.20 Å². The summed E-state index contributed by atoms with van der Waals surface area (Å²) in [6, 6.07) is 9.81. The molecule has 1 aromatic carbocycles. The molecule has 0 atom stereocenters. The fourth-order valence-electron chi connectivity index (χ4n) is 2.18. The molecule has 1 N–H and O–H groups in total. The highest BCUT2D eigenvalue weighted by Gasteiger charge is 2.20. The molecule has 1 fully saturated rings. The largest absolute Gasteiger partial charge is 0.309 e. The van der Waals surface area contributed by atoms with Crippen LogP contribution in [0.5, 0.6) is 0 Å². The van der Waals surface area contributed by atoms with E-state index >= 15 is 0 Å². The molecule has 0 unspecified atom stereocenters. The van der Waals surface area contributed by atoms with Crippen molar-refractivity contribution in [3.05, 3.63) is 36.5 Å². The van der Waals surface area contributed by atoms with Crippen molar-refractivity contribution < 1.29 is 4.79 Å². The molecule has 2 heterocycles. The summed E-state index contributed by atoms with van der Waals surface area (Å²) < 4.78 is 0. The van der Waals surface area contributed by atoms with E-state index in [2.05, 4.69) is 10.3 Å². The first-order valence-corrected chi connectivity index (χ1v) is 5.71. The first kappa shape index (κ1) is 10.2. The predicted octanol–water partition coefficient (Wildman–Crippen LogP) is 1.17. The summed E-state index contributed by atoms with van der Waals surface area (Å²) in [5.41, 5.74) is 1.89. The lowest BCUT2D eigenvalue weighted by molar-refractivity contribution is -0.118. The maximum absolute atomic E-state index is 11.9. The molecule has 1 saturated heterocycles. The third-order valence-electron chi connectivity index (χ3n) is 3.01. The van der Waals surface area contributed by atoms with Gasteiger partial charge in [-0.15, -0.1) is 0 Å². The Morgan fingerprint density at radius 3 is 3.00 bits per heavy atom. The fraction of sp³-hybridized carbons (Fsp3) is 0.231. The van der Waals surface area contributed by atoms with E-state index in [0.29, 0.717) is 13.1 Å². The van der Waals surface area contributed by atoms with Gasteiger partial charge in [0.05, 0.1) is 17.7 Å². The number of anilines is 1. The number of benzene rings is 1. The first-order valence-electron chi connectivity index (χ1n) is 5.71. The van der Waals surface area contributed by atoms with Crippen molar-refractivity contribution >= 4 is 22.5 Å². The van der Waals surface area contributed by atoms with Crippen molar-refractivity contribution in [3.8, 4) is 0 Å². The SMILES string of the molecule is O=C1CNCCN1c1ccnc2ccccc12. The molecule has 2 aromatic rings. The molecular formula is C13H13N3O. The second-order valence-electron chi connectivity index (χ2n) is 4.07. The summed E-state index contributed by atoms with van der Waals surface area (Å²) in [5.74, 6) is 0.118. The molecule has 0 saturated carbocycles. The molecular weight excluding hydrogens is 214 g/mol. The van der Waals surface area contributed by atoms with Crippen LogP contribution in [0, 0.1) is 0 Å². The third-order valence-corrected chi connectivity index (χ3v) is 3.01. The summed E-state index contributed by atoms with van der Waals surface area (Å²) in [6.45, 7) is 1.96. The highest BCUT2D eigenvalue weighted by Crippen LogP contribution is 2.25. The highest BCUT2D eigenvalue weighted by atomic mass is 16.2. The molecule has 1 aliphatic rings. The maximum Gasteiger partial charge on any atom is 0.241 e. The monoisotopic (exact) mass is 227 g/mol. The van der Waals surface area contributed by atoms with Gasteiger partial charge in [0.25, 0.3) is 0 Å². The van der Waals surface area contributed by atoms with E-state index in [1.807, 2.05) is 35.2 Å². The second-order valence-corrected chi connectivity index (χ2v) is 4.07. The van der Waals surface area contributed by atoms with Gasteiger partial charge >= 0.3 is 0 Å². The van der Waals surface area contributed by atoms with E-state index in [9.17, 15) is 4.79 Å². The molecule has 0 spiro atoms. The quantitative estimate of drug-likeness (QED) is 0.795. The van der Waals surface area contributed by atoms with Gasteiger partial charge in [-0.1, -0.05) is 18.2 Å². The van der Waals surface area contributed by atoms with Gasteiger partial charge in [0.15, 0.2) is 0 Å². The Morgan fingerprint density at radius 1 is 1.24 bits per heavy atom. The van der Waals surface area contributed by atoms with Crippen molar-refractivity contribution in [3.63, 3.8) is 0 Å². The number of piperazine rings is 1. The van der Waals surface area contributed by atoms with Crippen LogP contribution < -0.4 is 10.2 Å². The van der Waals surface area contributed by atoms with Crippen LogP contribution >= 0.6 is 0 Å². The van der Waals surface area contributed by atoms with Crippen molar-refractivity contribution in [2.75, 3.05) is 24.5 Å². The van der Waals surface area contributed by atoms with Crippen LogP contribution in [-0.4, -0.2) is 30.5 Å². The summed E-state index contributed by atoms with van der Waals surface area (Å²) in [7, 11) is 0. The second kappa shape index (κ2) is 4.14. The Morgan fingerprint density at radius 2 is 2.12 bits per heavy atom. The fourth-order valence-corrected chi connectivity index (χ4v) is 2.18. The van der Waals surface area contributed by atoms with Crippen LogP contribution in [0.2, 0.25) is 0 Å². The molecule has 1 aliphatic heterocycles. The Bertz CT molecular complexity index is 562. The zero-order valence-corrected chi connectivity index (χ0v) is 9.39. The van der Waals surface area contributed by atoms with Crippen molar-refractivity contribution in [2.24, 2.45) is 0 Å². The predicted molar refractivity (Wildman–Crippen MR) is 67.0 cm³/mol. The molecule has 1 amide bonds. The third kappa shape index (κ3) is 1.76. The molecule has 4 nitrogen and oxygen atoms in total. The minimum Gasteiger partial charge on any atom is -0.309 e. The molecule has 4 heteroatoms.